The number of hydrogen-bond acceptors (Lipinski definition) is 5. The lowest BCUT2D eigenvalue weighted by atomic mass is 10.2. The standard InChI is InChI=1S/C18H19FN2O4S/c19-15-2-4-16(5-3-15)26(22,23)21-9-7-20(8-10-21)12-14-1-6-17-18(11-14)25-13-24-17/h1-6,11H,7-10,12-13H2. The maximum Gasteiger partial charge on any atom is 0.243 e. The van der Waals surface area contributed by atoms with Crippen LogP contribution < -0.4 is 9.47 Å². The van der Waals surface area contributed by atoms with Crippen molar-refractivity contribution in [2.24, 2.45) is 0 Å². The number of piperazine rings is 1. The Balaban J connectivity index is 1.38. The second kappa shape index (κ2) is 6.86. The minimum atomic E-state index is -3.58. The molecule has 0 unspecified atom stereocenters. The van der Waals surface area contributed by atoms with Crippen molar-refractivity contribution in [2.75, 3.05) is 33.0 Å². The molecule has 0 amide bonds. The third-order valence-electron chi connectivity index (χ3n) is 4.63. The van der Waals surface area contributed by atoms with E-state index in [1.54, 1.807) is 0 Å². The highest BCUT2D eigenvalue weighted by atomic mass is 32.2. The van der Waals surface area contributed by atoms with Gasteiger partial charge in [-0.1, -0.05) is 6.07 Å². The van der Waals surface area contributed by atoms with E-state index >= 15 is 0 Å². The average molecular weight is 378 g/mol. The summed E-state index contributed by atoms with van der Waals surface area (Å²) in [6.45, 7) is 3.05. The zero-order chi connectivity index (χ0) is 18.1. The van der Waals surface area contributed by atoms with Gasteiger partial charge in [-0.3, -0.25) is 4.90 Å². The number of rotatable bonds is 4. The highest BCUT2D eigenvalue weighted by molar-refractivity contribution is 7.89. The van der Waals surface area contributed by atoms with Crippen molar-refractivity contribution >= 4 is 10.0 Å². The van der Waals surface area contributed by atoms with Crippen LogP contribution in [-0.4, -0.2) is 50.6 Å². The Bertz CT molecular complexity index is 894. The molecule has 0 aliphatic carbocycles. The zero-order valence-electron chi connectivity index (χ0n) is 14.1. The molecule has 4 rings (SSSR count). The van der Waals surface area contributed by atoms with Gasteiger partial charge in [-0.2, -0.15) is 4.31 Å². The van der Waals surface area contributed by atoms with E-state index in [2.05, 4.69) is 4.90 Å². The first-order valence-corrected chi connectivity index (χ1v) is 9.83. The van der Waals surface area contributed by atoms with Crippen LogP contribution in [0.4, 0.5) is 4.39 Å². The molecular formula is C18H19FN2O4S. The van der Waals surface area contributed by atoms with E-state index in [-0.39, 0.29) is 11.7 Å². The van der Waals surface area contributed by atoms with Gasteiger partial charge < -0.3 is 9.47 Å². The van der Waals surface area contributed by atoms with E-state index < -0.39 is 15.8 Å². The van der Waals surface area contributed by atoms with Crippen molar-refractivity contribution in [1.29, 1.82) is 0 Å². The third-order valence-corrected chi connectivity index (χ3v) is 6.54. The molecule has 0 spiro atoms. The Kier molecular flexibility index (Phi) is 4.56. The number of fused-ring (bicyclic) bond motifs is 1. The molecule has 0 radical (unpaired) electrons. The Labute approximate surface area is 151 Å². The summed E-state index contributed by atoms with van der Waals surface area (Å²) in [4.78, 5) is 2.33. The van der Waals surface area contributed by atoms with Crippen LogP contribution in [0.1, 0.15) is 5.56 Å². The summed E-state index contributed by atoms with van der Waals surface area (Å²) >= 11 is 0. The third kappa shape index (κ3) is 3.40. The molecule has 2 heterocycles. The fourth-order valence-corrected chi connectivity index (χ4v) is 4.60. The predicted octanol–water partition coefficient (Wildman–Crippen LogP) is 2.06. The zero-order valence-corrected chi connectivity index (χ0v) is 14.9. The van der Waals surface area contributed by atoms with E-state index in [0.717, 1.165) is 23.6 Å². The van der Waals surface area contributed by atoms with E-state index in [1.807, 2.05) is 18.2 Å². The second-order valence-corrected chi connectivity index (χ2v) is 8.26. The van der Waals surface area contributed by atoms with Crippen LogP contribution in [0.3, 0.4) is 0 Å². The molecule has 0 bridgehead atoms. The minimum Gasteiger partial charge on any atom is -0.454 e. The number of nitrogens with zero attached hydrogens (tertiary/aromatic N) is 2. The smallest absolute Gasteiger partial charge is 0.243 e. The molecule has 1 saturated heterocycles. The predicted molar refractivity (Wildman–Crippen MR) is 93.0 cm³/mol. The van der Waals surface area contributed by atoms with Crippen LogP contribution >= 0.6 is 0 Å². The quantitative estimate of drug-likeness (QED) is 0.815. The summed E-state index contributed by atoms with van der Waals surface area (Å²) in [5.74, 6) is 1.06. The highest BCUT2D eigenvalue weighted by Gasteiger charge is 2.28. The molecule has 138 valence electrons. The minimum absolute atomic E-state index is 0.128. The summed E-state index contributed by atoms with van der Waals surface area (Å²) in [5.41, 5.74) is 1.10. The number of hydrogen-bond donors (Lipinski definition) is 0. The van der Waals surface area contributed by atoms with Crippen LogP contribution in [0.2, 0.25) is 0 Å². The molecule has 0 saturated carbocycles. The summed E-state index contributed by atoms with van der Waals surface area (Å²) in [7, 11) is -3.58. The Morgan fingerprint density at radius 3 is 2.35 bits per heavy atom. The molecule has 8 heteroatoms. The number of sulfonamides is 1. The van der Waals surface area contributed by atoms with Gasteiger partial charge in [-0.15, -0.1) is 0 Å². The van der Waals surface area contributed by atoms with Crippen molar-refractivity contribution in [3.05, 3.63) is 53.8 Å². The molecule has 0 N–H and O–H groups in total. The summed E-state index contributed by atoms with van der Waals surface area (Å²) in [6, 6.07) is 10.8. The molecule has 6 nitrogen and oxygen atoms in total. The van der Waals surface area contributed by atoms with Gasteiger partial charge >= 0.3 is 0 Å². The van der Waals surface area contributed by atoms with Gasteiger partial charge in [0, 0.05) is 32.7 Å². The van der Waals surface area contributed by atoms with Gasteiger partial charge in [-0.25, -0.2) is 12.8 Å². The van der Waals surface area contributed by atoms with Crippen LogP contribution in [0.15, 0.2) is 47.4 Å². The normalized spacial score (nSPS) is 18.2. The maximum absolute atomic E-state index is 13.0. The SMILES string of the molecule is O=S(=O)(c1ccc(F)cc1)N1CCN(Cc2ccc3c(c2)OCO3)CC1. The summed E-state index contributed by atoms with van der Waals surface area (Å²) < 4.78 is 50.5. The van der Waals surface area contributed by atoms with Gasteiger partial charge in [0.15, 0.2) is 11.5 Å². The van der Waals surface area contributed by atoms with Crippen LogP contribution in [0.25, 0.3) is 0 Å². The molecule has 2 aliphatic heterocycles. The topological polar surface area (TPSA) is 59.1 Å². The Hall–Kier alpha value is -2.16. The average Bonchev–Trinajstić information content (AvgIpc) is 3.10. The van der Waals surface area contributed by atoms with Crippen molar-refractivity contribution in [1.82, 2.24) is 9.21 Å². The largest absolute Gasteiger partial charge is 0.454 e. The van der Waals surface area contributed by atoms with Crippen molar-refractivity contribution in [2.45, 2.75) is 11.4 Å². The molecule has 2 aliphatic rings. The van der Waals surface area contributed by atoms with Gasteiger partial charge in [0.2, 0.25) is 16.8 Å². The molecular weight excluding hydrogens is 359 g/mol. The van der Waals surface area contributed by atoms with Crippen LogP contribution in [0, 0.1) is 5.82 Å². The van der Waals surface area contributed by atoms with Gasteiger partial charge in [0.1, 0.15) is 5.82 Å². The number of ether oxygens (including phenoxy) is 2. The van der Waals surface area contributed by atoms with Crippen molar-refractivity contribution in [3.63, 3.8) is 0 Å². The lowest BCUT2D eigenvalue weighted by Gasteiger charge is -2.34. The van der Waals surface area contributed by atoms with Crippen LogP contribution in [0.5, 0.6) is 11.5 Å². The second-order valence-electron chi connectivity index (χ2n) is 6.32. The van der Waals surface area contributed by atoms with E-state index in [4.69, 9.17) is 9.47 Å². The maximum atomic E-state index is 13.0. The summed E-state index contributed by atoms with van der Waals surface area (Å²) in [6.07, 6.45) is 0. The molecule has 26 heavy (non-hydrogen) atoms. The molecule has 0 atom stereocenters. The van der Waals surface area contributed by atoms with Crippen molar-refractivity contribution < 1.29 is 22.3 Å². The highest BCUT2D eigenvalue weighted by Crippen LogP contribution is 2.33. The van der Waals surface area contributed by atoms with E-state index in [9.17, 15) is 12.8 Å². The first kappa shape index (κ1) is 17.3. The van der Waals surface area contributed by atoms with E-state index in [1.165, 1.54) is 28.6 Å². The molecule has 2 aromatic rings. The van der Waals surface area contributed by atoms with E-state index in [0.29, 0.717) is 26.2 Å². The fraction of sp³-hybridized carbons (Fsp3) is 0.333. The van der Waals surface area contributed by atoms with Gasteiger partial charge in [0.25, 0.3) is 0 Å². The number of halogens is 1. The molecule has 2 aromatic carbocycles. The summed E-state index contributed by atoms with van der Waals surface area (Å²) in [5, 5.41) is 0. The lowest BCUT2D eigenvalue weighted by molar-refractivity contribution is 0.173. The van der Waals surface area contributed by atoms with Gasteiger partial charge in [-0.05, 0) is 42.0 Å². The number of benzene rings is 2. The van der Waals surface area contributed by atoms with Crippen LogP contribution in [-0.2, 0) is 16.6 Å². The van der Waals surface area contributed by atoms with Gasteiger partial charge in [0.05, 0.1) is 4.90 Å². The fourth-order valence-electron chi connectivity index (χ4n) is 3.18. The first-order chi connectivity index (χ1) is 12.5. The Morgan fingerprint density at radius 2 is 1.62 bits per heavy atom. The molecule has 0 aromatic heterocycles. The first-order valence-electron chi connectivity index (χ1n) is 8.39. The lowest BCUT2D eigenvalue weighted by Crippen LogP contribution is -2.48. The Morgan fingerprint density at radius 1 is 0.923 bits per heavy atom. The monoisotopic (exact) mass is 378 g/mol. The van der Waals surface area contributed by atoms with Crippen molar-refractivity contribution in [3.8, 4) is 11.5 Å². The molecule has 1 fully saturated rings.